The van der Waals surface area contributed by atoms with Gasteiger partial charge in [0.2, 0.25) is 6.79 Å². The van der Waals surface area contributed by atoms with Crippen LogP contribution in [0.1, 0.15) is 17.2 Å². The number of hydrogen-bond donors (Lipinski definition) is 1. The highest BCUT2D eigenvalue weighted by atomic mass is 16.7. The molecule has 34 heavy (non-hydrogen) atoms. The lowest BCUT2D eigenvalue weighted by Gasteiger charge is -2.25. The van der Waals surface area contributed by atoms with Crippen LogP contribution in [0.3, 0.4) is 0 Å². The lowest BCUT2D eigenvalue weighted by Crippen LogP contribution is -2.29. The number of ketones is 1. The molecule has 1 N–H and O–H groups in total. The highest BCUT2D eigenvalue weighted by molar-refractivity contribution is 6.51. The van der Waals surface area contributed by atoms with Crippen molar-refractivity contribution in [1.82, 2.24) is 4.98 Å². The molecule has 0 radical (unpaired) electrons. The van der Waals surface area contributed by atoms with Crippen molar-refractivity contribution in [3.05, 3.63) is 77.6 Å². The second-order valence-electron chi connectivity index (χ2n) is 7.56. The number of aliphatic hydroxyl groups excluding tert-OH is 1. The summed E-state index contributed by atoms with van der Waals surface area (Å²) in [5.74, 6) is -0.101. The molecule has 1 amide bonds. The molecular weight excluding hydrogens is 440 g/mol. The van der Waals surface area contributed by atoms with Gasteiger partial charge in [0.05, 0.1) is 25.8 Å². The first kappa shape index (κ1) is 21.3. The molecule has 0 spiro atoms. The number of aliphatic hydroxyl groups is 1. The normalized spacial score (nSPS) is 18.3. The summed E-state index contributed by atoms with van der Waals surface area (Å²) in [6.07, 6.45) is 3.14. The Balaban J connectivity index is 1.69. The van der Waals surface area contributed by atoms with E-state index in [1.54, 1.807) is 60.9 Å². The Labute approximate surface area is 194 Å². The van der Waals surface area contributed by atoms with E-state index in [0.717, 1.165) is 0 Å². The van der Waals surface area contributed by atoms with Crippen molar-refractivity contribution in [1.29, 1.82) is 0 Å². The molecule has 172 valence electrons. The van der Waals surface area contributed by atoms with E-state index in [9.17, 15) is 14.7 Å². The number of methoxy groups -OCH3 is 2. The van der Waals surface area contributed by atoms with Crippen molar-refractivity contribution in [3.8, 4) is 23.0 Å². The molecular formula is C25H20N2O7. The fourth-order valence-electron chi connectivity index (χ4n) is 4.13. The van der Waals surface area contributed by atoms with Crippen LogP contribution in [0.2, 0.25) is 0 Å². The summed E-state index contributed by atoms with van der Waals surface area (Å²) in [7, 11) is 2.96. The fourth-order valence-corrected chi connectivity index (χ4v) is 4.13. The van der Waals surface area contributed by atoms with Crippen LogP contribution in [0.5, 0.6) is 23.0 Å². The molecule has 1 atom stereocenters. The number of rotatable bonds is 5. The minimum atomic E-state index is -0.915. The van der Waals surface area contributed by atoms with E-state index < -0.39 is 17.7 Å². The molecule has 0 bridgehead atoms. The van der Waals surface area contributed by atoms with Gasteiger partial charge in [-0.15, -0.1) is 0 Å². The van der Waals surface area contributed by atoms with E-state index in [4.69, 9.17) is 18.9 Å². The van der Waals surface area contributed by atoms with Crippen LogP contribution in [0.25, 0.3) is 5.76 Å². The summed E-state index contributed by atoms with van der Waals surface area (Å²) in [4.78, 5) is 32.0. The number of carbonyl (C=O) groups excluding carboxylic acids is 2. The number of nitrogens with zero attached hydrogens (tertiary/aromatic N) is 2. The third-order valence-electron chi connectivity index (χ3n) is 5.74. The van der Waals surface area contributed by atoms with Gasteiger partial charge < -0.3 is 24.1 Å². The molecule has 3 heterocycles. The standard InChI is InChI=1S/C25H20N2O7/c1-31-17-7-5-14(10-19(17)32-2)23(28)21-22(15-4-3-9-26-12-15)27(25(30)24(21)29)16-6-8-18-20(11-16)34-13-33-18/h3-12,22,28H,13H2,1-2H3/b23-21+. The Morgan fingerprint density at radius 1 is 1.03 bits per heavy atom. The summed E-state index contributed by atoms with van der Waals surface area (Å²) in [6.45, 7) is 0.0724. The number of hydrogen-bond acceptors (Lipinski definition) is 8. The number of ether oxygens (including phenoxy) is 4. The first-order valence-corrected chi connectivity index (χ1v) is 10.4. The van der Waals surface area contributed by atoms with Gasteiger partial charge in [-0.1, -0.05) is 6.07 Å². The Bertz CT molecular complexity index is 1320. The number of fused-ring (bicyclic) bond motifs is 1. The topological polar surface area (TPSA) is 107 Å². The minimum Gasteiger partial charge on any atom is -0.507 e. The Morgan fingerprint density at radius 2 is 1.82 bits per heavy atom. The van der Waals surface area contributed by atoms with Crippen molar-refractivity contribution in [2.45, 2.75) is 6.04 Å². The smallest absolute Gasteiger partial charge is 0.300 e. The number of carbonyl (C=O) groups is 2. The molecule has 9 heteroatoms. The van der Waals surface area contributed by atoms with Crippen molar-refractivity contribution in [2.24, 2.45) is 0 Å². The molecule has 0 saturated carbocycles. The summed E-state index contributed by atoms with van der Waals surface area (Å²) < 4.78 is 21.4. The van der Waals surface area contributed by atoms with Crippen molar-refractivity contribution in [2.75, 3.05) is 25.9 Å². The largest absolute Gasteiger partial charge is 0.507 e. The maximum Gasteiger partial charge on any atom is 0.300 e. The SMILES string of the molecule is COc1ccc(/C(O)=C2\C(=O)C(=O)N(c3ccc4c(c3)OCO4)C2c2cccnc2)cc1OC. The average molecular weight is 460 g/mol. The van der Waals surface area contributed by atoms with Gasteiger partial charge in [-0.05, 0) is 42.0 Å². The first-order valence-electron chi connectivity index (χ1n) is 10.4. The van der Waals surface area contributed by atoms with Crippen LogP contribution in [-0.4, -0.2) is 42.8 Å². The van der Waals surface area contributed by atoms with Gasteiger partial charge in [0.25, 0.3) is 11.7 Å². The predicted molar refractivity (Wildman–Crippen MR) is 121 cm³/mol. The fraction of sp³-hybridized carbons (Fsp3) is 0.160. The summed E-state index contributed by atoms with van der Waals surface area (Å²) >= 11 is 0. The van der Waals surface area contributed by atoms with Crippen LogP contribution in [0.4, 0.5) is 5.69 Å². The van der Waals surface area contributed by atoms with E-state index >= 15 is 0 Å². The van der Waals surface area contributed by atoms with Crippen LogP contribution >= 0.6 is 0 Å². The minimum absolute atomic E-state index is 0.0668. The highest BCUT2D eigenvalue weighted by Gasteiger charge is 2.47. The molecule has 3 aromatic rings. The lowest BCUT2D eigenvalue weighted by atomic mass is 9.96. The van der Waals surface area contributed by atoms with E-state index in [2.05, 4.69) is 4.98 Å². The second kappa shape index (κ2) is 8.43. The highest BCUT2D eigenvalue weighted by Crippen LogP contribution is 2.45. The van der Waals surface area contributed by atoms with Gasteiger partial charge in [0, 0.05) is 29.7 Å². The van der Waals surface area contributed by atoms with Gasteiger partial charge >= 0.3 is 0 Å². The van der Waals surface area contributed by atoms with Gasteiger partial charge in [0.1, 0.15) is 5.76 Å². The van der Waals surface area contributed by atoms with Gasteiger partial charge in [-0.25, -0.2) is 0 Å². The number of pyridine rings is 1. The maximum atomic E-state index is 13.3. The number of anilines is 1. The molecule has 9 nitrogen and oxygen atoms in total. The molecule has 2 aliphatic heterocycles. The third kappa shape index (κ3) is 3.38. The van der Waals surface area contributed by atoms with Crippen LogP contribution in [0, 0.1) is 0 Å². The average Bonchev–Trinajstić information content (AvgIpc) is 3.45. The second-order valence-corrected chi connectivity index (χ2v) is 7.56. The first-order chi connectivity index (χ1) is 16.5. The van der Waals surface area contributed by atoms with E-state index in [1.165, 1.54) is 19.1 Å². The van der Waals surface area contributed by atoms with Crippen molar-refractivity contribution >= 4 is 23.1 Å². The third-order valence-corrected chi connectivity index (χ3v) is 5.74. The zero-order chi connectivity index (χ0) is 23.8. The zero-order valence-corrected chi connectivity index (χ0v) is 18.3. The van der Waals surface area contributed by atoms with Gasteiger partial charge in [0.15, 0.2) is 23.0 Å². The molecule has 1 saturated heterocycles. The van der Waals surface area contributed by atoms with Crippen LogP contribution < -0.4 is 23.8 Å². The van der Waals surface area contributed by atoms with E-state index in [0.29, 0.717) is 39.8 Å². The number of benzene rings is 2. The van der Waals surface area contributed by atoms with Gasteiger partial charge in [-0.3, -0.25) is 19.5 Å². The van der Waals surface area contributed by atoms with Crippen LogP contribution in [0.15, 0.2) is 66.5 Å². The molecule has 1 unspecified atom stereocenters. The van der Waals surface area contributed by atoms with Crippen LogP contribution in [-0.2, 0) is 9.59 Å². The predicted octanol–water partition coefficient (Wildman–Crippen LogP) is 3.45. The molecule has 0 aliphatic carbocycles. The molecule has 1 aromatic heterocycles. The van der Waals surface area contributed by atoms with Crippen molar-refractivity contribution < 1.29 is 33.6 Å². The molecule has 2 aliphatic rings. The number of Topliss-reactive ketones (excluding diaryl/α,β-unsaturated/α-hetero) is 1. The molecule has 2 aromatic carbocycles. The maximum absolute atomic E-state index is 13.3. The monoisotopic (exact) mass is 460 g/mol. The zero-order valence-electron chi connectivity index (χ0n) is 18.3. The van der Waals surface area contributed by atoms with E-state index in [1.807, 2.05) is 0 Å². The van der Waals surface area contributed by atoms with E-state index in [-0.39, 0.29) is 18.1 Å². The number of aromatic nitrogens is 1. The summed E-state index contributed by atoms with van der Waals surface area (Å²) in [5, 5.41) is 11.3. The summed E-state index contributed by atoms with van der Waals surface area (Å²) in [6, 6.07) is 12.2. The quantitative estimate of drug-likeness (QED) is 0.351. The Morgan fingerprint density at radius 3 is 2.56 bits per heavy atom. The molecule has 5 rings (SSSR count). The van der Waals surface area contributed by atoms with Gasteiger partial charge in [-0.2, -0.15) is 0 Å². The Hall–Kier alpha value is -4.53. The lowest BCUT2D eigenvalue weighted by molar-refractivity contribution is -0.132. The van der Waals surface area contributed by atoms with Crippen molar-refractivity contribution in [3.63, 3.8) is 0 Å². The molecule has 1 fully saturated rings. The summed E-state index contributed by atoms with van der Waals surface area (Å²) in [5.41, 5.74) is 1.21. The Kier molecular flexibility index (Phi) is 5.29. The number of amides is 1.